The van der Waals surface area contributed by atoms with Crippen LogP contribution in [0.15, 0.2) is 67.0 Å². The zero-order chi connectivity index (χ0) is 26.4. The van der Waals surface area contributed by atoms with Crippen LogP contribution in [0.5, 0.6) is 11.5 Å². The molecule has 1 aliphatic rings. The van der Waals surface area contributed by atoms with Crippen molar-refractivity contribution in [2.45, 2.75) is 12.8 Å². The third-order valence-electron chi connectivity index (χ3n) is 5.91. The van der Waals surface area contributed by atoms with Gasteiger partial charge in [-0.2, -0.15) is 0 Å². The van der Waals surface area contributed by atoms with Crippen molar-refractivity contribution in [3.05, 3.63) is 67.0 Å². The molecule has 0 bridgehead atoms. The Labute approximate surface area is 217 Å². The summed E-state index contributed by atoms with van der Waals surface area (Å²) < 4.78 is 53.7. The van der Waals surface area contributed by atoms with Crippen molar-refractivity contribution in [1.82, 2.24) is 19.9 Å². The number of anilines is 2. The summed E-state index contributed by atoms with van der Waals surface area (Å²) in [5, 5.41) is 3.79. The van der Waals surface area contributed by atoms with Gasteiger partial charge in [-0.1, -0.05) is 6.07 Å². The van der Waals surface area contributed by atoms with E-state index in [1.807, 2.05) is 24.3 Å². The lowest BCUT2D eigenvalue weighted by Gasteiger charge is -2.26. The van der Waals surface area contributed by atoms with Crippen molar-refractivity contribution in [1.29, 1.82) is 0 Å². The fourth-order valence-corrected chi connectivity index (χ4v) is 4.13. The largest absolute Gasteiger partial charge is 0.573 e. The normalized spacial score (nSPS) is 14.4. The van der Waals surface area contributed by atoms with Crippen LogP contribution in [0.1, 0.15) is 6.42 Å². The van der Waals surface area contributed by atoms with E-state index in [0.29, 0.717) is 46.2 Å². The molecule has 5 rings (SSSR count). The van der Waals surface area contributed by atoms with Gasteiger partial charge in [0, 0.05) is 54.7 Å². The predicted octanol–water partition coefficient (Wildman–Crippen LogP) is 5.44. The van der Waals surface area contributed by atoms with Crippen LogP contribution in [0.3, 0.4) is 0 Å². The van der Waals surface area contributed by atoms with Crippen molar-refractivity contribution < 1.29 is 27.4 Å². The first kappa shape index (κ1) is 25.7. The zero-order valence-electron chi connectivity index (χ0n) is 20.4. The fourth-order valence-electron chi connectivity index (χ4n) is 4.13. The fraction of sp³-hybridized carbons (Fsp3) is 0.296. The number of aromatic nitrogens is 3. The van der Waals surface area contributed by atoms with Crippen LogP contribution in [0.25, 0.3) is 22.3 Å². The molecule has 1 aliphatic heterocycles. The van der Waals surface area contributed by atoms with Crippen LogP contribution in [0.2, 0.25) is 0 Å². The van der Waals surface area contributed by atoms with Crippen molar-refractivity contribution in [3.8, 4) is 22.9 Å². The maximum atomic E-state index is 12.7. The van der Waals surface area contributed by atoms with Gasteiger partial charge in [0.25, 0.3) is 0 Å². The Morgan fingerprint density at radius 2 is 1.84 bits per heavy atom. The number of nitrogens with one attached hydrogen (secondary N) is 1. The predicted molar refractivity (Wildman–Crippen MR) is 137 cm³/mol. The molecule has 11 heteroatoms. The SMILES string of the molecule is FC(F)(F)Oc1cccc(Nc2nc(-c3cccnc3)nc3ccc(OCCCN4CCOCC4)cc23)c1. The molecule has 0 amide bonds. The van der Waals surface area contributed by atoms with E-state index in [4.69, 9.17) is 9.47 Å². The molecule has 0 aliphatic carbocycles. The van der Waals surface area contributed by atoms with Crippen molar-refractivity contribution in [2.24, 2.45) is 0 Å². The summed E-state index contributed by atoms with van der Waals surface area (Å²) in [6.07, 6.45) is -0.624. The quantitative estimate of drug-likeness (QED) is 0.290. The minimum absolute atomic E-state index is 0.336. The Kier molecular flexibility index (Phi) is 7.85. The van der Waals surface area contributed by atoms with E-state index in [1.165, 1.54) is 18.2 Å². The lowest BCUT2D eigenvalue weighted by Crippen LogP contribution is -2.37. The van der Waals surface area contributed by atoms with Crippen LogP contribution in [-0.4, -0.2) is 65.7 Å². The molecular weight excluding hydrogens is 499 g/mol. The summed E-state index contributed by atoms with van der Waals surface area (Å²) in [5.74, 6) is 1.15. The molecule has 1 saturated heterocycles. The van der Waals surface area contributed by atoms with E-state index in [1.54, 1.807) is 24.5 Å². The number of pyridine rings is 1. The highest BCUT2D eigenvalue weighted by molar-refractivity contribution is 5.93. The Morgan fingerprint density at radius 1 is 0.974 bits per heavy atom. The molecule has 38 heavy (non-hydrogen) atoms. The number of fused-ring (bicyclic) bond motifs is 1. The van der Waals surface area contributed by atoms with Crippen LogP contribution in [0, 0.1) is 0 Å². The molecule has 1 fully saturated rings. The summed E-state index contributed by atoms with van der Waals surface area (Å²) in [7, 11) is 0. The van der Waals surface area contributed by atoms with Crippen molar-refractivity contribution in [2.75, 3.05) is 44.8 Å². The number of hydrogen-bond acceptors (Lipinski definition) is 8. The van der Waals surface area contributed by atoms with E-state index >= 15 is 0 Å². The maximum Gasteiger partial charge on any atom is 0.573 e. The second-order valence-corrected chi connectivity index (χ2v) is 8.67. The first-order chi connectivity index (χ1) is 18.4. The second kappa shape index (κ2) is 11.6. The molecule has 3 heterocycles. The number of alkyl halides is 3. The molecule has 0 unspecified atom stereocenters. The van der Waals surface area contributed by atoms with Crippen LogP contribution < -0.4 is 14.8 Å². The molecular formula is C27H26F3N5O3. The topological polar surface area (TPSA) is 81.6 Å². The number of ether oxygens (including phenoxy) is 3. The molecule has 0 saturated carbocycles. The van der Waals surface area contributed by atoms with Gasteiger partial charge in [-0.3, -0.25) is 9.88 Å². The summed E-state index contributed by atoms with van der Waals surface area (Å²) in [6, 6.07) is 14.7. The third-order valence-corrected chi connectivity index (χ3v) is 5.91. The lowest BCUT2D eigenvalue weighted by atomic mass is 10.2. The molecule has 1 N–H and O–H groups in total. The average Bonchev–Trinajstić information content (AvgIpc) is 2.91. The molecule has 198 valence electrons. The van der Waals surface area contributed by atoms with Gasteiger partial charge in [0.1, 0.15) is 17.3 Å². The highest BCUT2D eigenvalue weighted by Gasteiger charge is 2.31. The van der Waals surface area contributed by atoms with Gasteiger partial charge in [-0.05, 0) is 48.9 Å². The van der Waals surface area contributed by atoms with Gasteiger partial charge >= 0.3 is 6.36 Å². The van der Waals surface area contributed by atoms with Gasteiger partial charge in [-0.25, -0.2) is 9.97 Å². The number of nitrogens with zero attached hydrogens (tertiary/aromatic N) is 4. The minimum atomic E-state index is -4.79. The third kappa shape index (κ3) is 6.87. The van der Waals surface area contributed by atoms with Crippen LogP contribution in [-0.2, 0) is 4.74 Å². The number of morpholine rings is 1. The van der Waals surface area contributed by atoms with Gasteiger partial charge < -0.3 is 19.5 Å². The molecule has 0 atom stereocenters. The highest BCUT2D eigenvalue weighted by Crippen LogP contribution is 2.32. The standard InChI is InChI=1S/C27H26F3N5O3/c28-27(29,30)38-22-6-1-5-20(16-22)32-26-23-17-21(37-13-3-10-35-11-14-36-15-12-35)7-8-24(23)33-25(34-26)19-4-2-9-31-18-19/h1-2,4-9,16-18H,3,10-15H2,(H,32,33,34). The monoisotopic (exact) mass is 525 g/mol. The van der Waals surface area contributed by atoms with Crippen LogP contribution in [0.4, 0.5) is 24.7 Å². The van der Waals surface area contributed by atoms with Crippen molar-refractivity contribution >= 4 is 22.4 Å². The van der Waals surface area contributed by atoms with Gasteiger partial charge in [0.15, 0.2) is 5.82 Å². The Balaban J connectivity index is 1.40. The molecule has 0 spiro atoms. The van der Waals surface area contributed by atoms with Gasteiger partial charge in [-0.15, -0.1) is 13.2 Å². The lowest BCUT2D eigenvalue weighted by molar-refractivity contribution is -0.274. The Bertz CT molecular complexity index is 1370. The van der Waals surface area contributed by atoms with Crippen LogP contribution >= 0.6 is 0 Å². The van der Waals surface area contributed by atoms with Gasteiger partial charge in [0.05, 0.1) is 25.3 Å². The molecule has 2 aromatic carbocycles. The molecule has 4 aromatic rings. The summed E-state index contributed by atoms with van der Waals surface area (Å²) in [5.41, 5.74) is 1.72. The maximum absolute atomic E-state index is 12.7. The molecule has 2 aromatic heterocycles. The minimum Gasteiger partial charge on any atom is -0.494 e. The zero-order valence-corrected chi connectivity index (χ0v) is 20.4. The summed E-state index contributed by atoms with van der Waals surface area (Å²) in [4.78, 5) is 15.8. The van der Waals surface area contributed by atoms with E-state index in [2.05, 4.69) is 29.9 Å². The Hall–Kier alpha value is -3.96. The number of rotatable bonds is 9. The van der Waals surface area contributed by atoms with E-state index in [-0.39, 0.29) is 5.75 Å². The smallest absolute Gasteiger partial charge is 0.494 e. The number of benzene rings is 2. The number of hydrogen-bond donors (Lipinski definition) is 1. The van der Waals surface area contributed by atoms with E-state index < -0.39 is 6.36 Å². The first-order valence-electron chi connectivity index (χ1n) is 12.2. The highest BCUT2D eigenvalue weighted by atomic mass is 19.4. The molecule has 0 radical (unpaired) electrons. The average molecular weight is 526 g/mol. The molecule has 8 nitrogen and oxygen atoms in total. The van der Waals surface area contributed by atoms with E-state index in [9.17, 15) is 13.2 Å². The first-order valence-corrected chi connectivity index (χ1v) is 12.2. The van der Waals surface area contributed by atoms with Gasteiger partial charge in [0.2, 0.25) is 0 Å². The summed E-state index contributed by atoms with van der Waals surface area (Å²) in [6.45, 7) is 4.84. The second-order valence-electron chi connectivity index (χ2n) is 8.67. The summed E-state index contributed by atoms with van der Waals surface area (Å²) >= 11 is 0. The Morgan fingerprint density at radius 3 is 2.63 bits per heavy atom. The number of halogens is 3. The van der Waals surface area contributed by atoms with Crippen molar-refractivity contribution in [3.63, 3.8) is 0 Å². The van der Waals surface area contributed by atoms with E-state index in [0.717, 1.165) is 39.3 Å².